The Bertz CT molecular complexity index is 751. The molecule has 9 heteroatoms. The zero-order chi connectivity index (χ0) is 15.6. The first-order valence-electron chi connectivity index (χ1n) is 5.95. The van der Waals surface area contributed by atoms with E-state index in [-0.39, 0.29) is 10.8 Å². The van der Waals surface area contributed by atoms with Crippen molar-refractivity contribution in [1.29, 1.82) is 0 Å². The molecule has 0 aliphatic heterocycles. The van der Waals surface area contributed by atoms with E-state index < -0.39 is 10.0 Å². The number of hydrogen-bond donors (Lipinski definition) is 1. The molecule has 1 heterocycles. The van der Waals surface area contributed by atoms with E-state index in [2.05, 4.69) is 14.9 Å². The average Bonchev–Trinajstić information content (AvgIpc) is 2.85. The van der Waals surface area contributed by atoms with Crippen molar-refractivity contribution in [2.45, 2.75) is 11.8 Å². The number of nitrogens with one attached hydrogen (secondary N) is 1. The molecule has 0 radical (unpaired) electrons. The second kappa shape index (κ2) is 5.88. The summed E-state index contributed by atoms with van der Waals surface area (Å²) in [5.74, 6) is -0.314. The summed E-state index contributed by atoms with van der Waals surface area (Å²) in [6, 6.07) is 5.97. The van der Waals surface area contributed by atoms with Crippen LogP contribution in [0.2, 0.25) is 0 Å². The Morgan fingerprint density at radius 1 is 1.24 bits per heavy atom. The summed E-state index contributed by atoms with van der Waals surface area (Å²) >= 11 is 1.01. The molecule has 1 aromatic carbocycles. The number of aryl methyl sites for hydroxylation is 1. The fourth-order valence-electron chi connectivity index (χ4n) is 1.55. The van der Waals surface area contributed by atoms with Gasteiger partial charge in [0, 0.05) is 19.8 Å². The van der Waals surface area contributed by atoms with Crippen molar-refractivity contribution in [2.75, 3.05) is 19.4 Å². The smallest absolute Gasteiger partial charge is 0.269 e. The van der Waals surface area contributed by atoms with Gasteiger partial charge in [-0.2, -0.15) is 0 Å². The van der Waals surface area contributed by atoms with E-state index in [9.17, 15) is 13.2 Å². The summed E-state index contributed by atoms with van der Waals surface area (Å²) in [6.45, 7) is 1.70. The number of carbonyl (C=O) groups is 1. The van der Waals surface area contributed by atoms with Crippen molar-refractivity contribution in [3.05, 3.63) is 34.8 Å². The molecule has 112 valence electrons. The van der Waals surface area contributed by atoms with Gasteiger partial charge in [0.05, 0.1) is 10.6 Å². The lowest BCUT2D eigenvalue weighted by Gasteiger charge is -2.11. The maximum Gasteiger partial charge on any atom is 0.269 e. The van der Waals surface area contributed by atoms with Crippen LogP contribution >= 0.6 is 11.5 Å². The number of nitrogens with zero attached hydrogens (tertiary/aromatic N) is 3. The van der Waals surface area contributed by atoms with Crippen LogP contribution in [0.5, 0.6) is 0 Å². The summed E-state index contributed by atoms with van der Waals surface area (Å²) in [5.41, 5.74) is 1.06. The van der Waals surface area contributed by atoms with Crippen LogP contribution in [0.3, 0.4) is 0 Å². The van der Waals surface area contributed by atoms with E-state index in [1.165, 1.54) is 38.4 Å². The van der Waals surface area contributed by atoms with E-state index in [0.29, 0.717) is 16.3 Å². The quantitative estimate of drug-likeness (QED) is 0.915. The van der Waals surface area contributed by atoms with Crippen LogP contribution in [-0.4, -0.2) is 42.3 Å². The van der Waals surface area contributed by atoms with Crippen molar-refractivity contribution in [3.8, 4) is 0 Å². The average molecular weight is 326 g/mol. The van der Waals surface area contributed by atoms with Crippen LogP contribution in [0, 0.1) is 6.92 Å². The van der Waals surface area contributed by atoms with Crippen LogP contribution < -0.4 is 5.32 Å². The number of hydrogen-bond acceptors (Lipinski definition) is 6. The first-order chi connectivity index (χ1) is 9.82. The molecule has 0 atom stereocenters. The second-order valence-corrected chi connectivity index (χ2v) is 7.36. The van der Waals surface area contributed by atoms with Crippen LogP contribution in [-0.2, 0) is 10.0 Å². The molecule has 0 saturated heterocycles. The first-order valence-corrected chi connectivity index (χ1v) is 8.16. The van der Waals surface area contributed by atoms with Gasteiger partial charge in [0.2, 0.25) is 10.0 Å². The standard InChI is InChI=1S/C12H14N4O3S2/c1-8-11(20-15-14-8)12(17)13-9-4-6-10(7-5-9)21(18,19)16(2)3/h4-7H,1-3H3,(H,13,17). The summed E-state index contributed by atoms with van der Waals surface area (Å²) < 4.78 is 28.7. The second-order valence-electron chi connectivity index (χ2n) is 4.45. The van der Waals surface area contributed by atoms with Crippen LogP contribution in [0.15, 0.2) is 29.2 Å². The molecular formula is C12H14N4O3S2. The van der Waals surface area contributed by atoms with Gasteiger partial charge in [-0.1, -0.05) is 4.49 Å². The highest BCUT2D eigenvalue weighted by Gasteiger charge is 2.17. The molecule has 7 nitrogen and oxygen atoms in total. The third-order valence-electron chi connectivity index (χ3n) is 2.75. The molecule has 21 heavy (non-hydrogen) atoms. The Morgan fingerprint density at radius 2 is 1.86 bits per heavy atom. The normalized spacial score (nSPS) is 11.6. The van der Waals surface area contributed by atoms with Gasteiger partial charge in [-0.25, -0.2) is 12.7 Å². The topological polar surface area (TPSA) is 92.3 Å². The van der Waals surface area contributed by atoms with Crippen molar-refractivity contribution in [2.24, 2.45) is 0 Å². The first kappa shape index (κ1) is 15.5. The Labute approximate surface area is 126 Å². The highest BCUT2D eigenvalue weighted by molar-refractivity contribution is 7.89. The van der Waals surface area contributed by atoms with Crippen molar-refractivity contribution < 1.29 is 13.2 Å². The van der Waals surface area contributed by atoms with E-state index in [1.54, 1.807) is 6.92 Å². The van der Waals surface area contributed by atoms with Gasteiger partial charge < -0.3 is 5.32 Å². The van der Waals surface area contributed by atoms with Crippen molar-refractivity contribution >= 4 is 33.2 Å². The SMILES string of the molecule is Cc1nnsc1C(=O)Nc1ccc(S(=O)(=O)N(C)C)cc1. The van der Waals surface area contributed by atoms with Gasteiger partial charge in [-0.3, -0.25) is 4.79 Å². The molecule has 0 aliphatic rings. The Morgan fingerprint density at radius 3 is 2.33 bits per heavy atom. The largest absolute Gasteiger partial charge is 0.321 e. The zero-order valence-corrected chi connectivity index (χ0v) is 13.3. The molecule has 0 spiro atoms. The molecule has 0 saturated carbocycles. The van der Waals surface area contributed by atoms with E-state index in [4.69, 9.17) is 0 Å². The molecule has 0 unspecified atom stereocenters. The lowest BCUT2D eigenvalue weighted by atomic mass is 10.3. The molecular weight excluding hydrogens is 312 g/mol. The fraction of sp³-hybridized carbons (Fsp3) is 0.250. The number of benzene rings is 1. The monoisotopic (exact) mass is 326 g/mol. The predicted octanol–water partition coefficient (Wildman–Crippen LogP) is 1.35. The van der Waals surface area contributed by atoms with E-state index in [0.717, 1.165) is 15.8 Å². The molecule has 1 N–H and O–H groups in total. The third kappa shape index (κ3) is 3.26. The van der Waals surface area contributed by atoms with Gasteiger partial charge >= 0.3 is 0 Å². The summed E-state index contributed by atoms with van der Waals surface area (Å²) in [5, 5.41) is 6.44. The Hall–Kier alpha value is -1.84. The summed E-state index contributed by atoms with van der Waals surface area (Å²) in [7, 11) is -0.544. The highest BCUT2D eigenvalue weighted by Crippen LogP contribution is 2.18. The minimum atomic E-state index is -3.47. The molecule has 2 rings (SSSR count). The number of carbonyl (C=O) groups excluding carboxylic acids is 1. The number of anilines is 1. The number of sulfonamides is 1. The number of aromatic nitrogens is 2. The van der Waals surface area contributed by atoms with Crippen molar-refractivity contribution in [1.82, 2.24) is 13.9 Å². The van der Waals surface area contributed by atoms with Crippen LogP contribution in [0.4, 0.5) is 5.69 Å². The van der Waals surface area contributed by atoms with Gasteiger partial charge in [0.15, 0.2) is 0 Å². The maximum atomic E-state index is 12.0. The molecule has 1 amide bonds. The Kier molecular flexibility index (Phi) is 4.35. The lowest BCUT2D eigenvalue weighted by Crippen LogP contribution is -2.22. The lowest BCUT2D eigenvalue weighted by molar-refractivity contribution is 0.103. The molecule has 2 aromatic rings. The van der Waals surface area contributed by atoms with E-state index >= 15 is 0 Å². The number of rotatable bonds is 4. The minimum Gasteiger partial charge on any atom is -0.321 e. The van der Waals surface area contributed by atoms with E-state index in [1.807, 2.05) is 0 Å². The molecule has 0 fully saturated rings. The van der Waals surface area contributed by atoms with Gasteiger partial charge in [-0.15, -0.1) is 5.10 Å². The maximum absolute atomic E-state index is 12.0. The highest BCUT2D eigenvalue weighted by atomic mass is 32.2. The van der Waals surface area contributed by atoms with Gasteiger partial charge in [0.25, 0.3) is 5.91 Å². The fourth-order valence-corrected chi connectivity index (χ4v) is 3.00. The van der Waals surface area contributed by atoms with Gasteiger partial charge in [-0.05, 0) is 42.7 Å². The predicted molar refractivity (Wildman–Crippen MR) is 79.9 cm³/mol. The molecule has 0 aliphatic carbocycles. The zero-order valence-electron chi connectivity index (χ0n) is 11.7. The third-order valence-corrected chi connectivity index (χ3v) is 5.40. The summed E-state index contributed by atoms with van der Waals surface area (Å²) in [4.78, 5) is 12.6. The molecule has 0 bridgehead atoms. The Balaban J connectivity index is 2.17. The van der Waals surface area contributed by atoms with Crippen LogP contribution in [0.25, 0.3) is 0 Å². The minimum absolute atomic E-state index is 0.168. The van der Waals surface area contributed by atoms with Gasteiger partial charge in [0.1, 0.15) is 4.88 Å². The summed E-state index contributed by atoms with van der Waals surface area (Å²) in [6.07, 6.45) is 0. The molecule has 1 aromatic heterocycles. The van der Waals surface area contributed by atoms with Crippen LogP contribution in [0.1, 0.15) is 15.4 Å². The van der Waals surface area contributed by atoms with Crippen molar-refractivity contribution in [3.63, 3.8) is 0 Å². The number of amides is 1.